The molecule has 9 unspecified atom stereocenters. The number of nitrogens with zero attached hydrogens (tertiary/aromatic N) is 1. The van der Waals surface area contributed by atoms with Gasteiger partial charge in [-0.05, 0) is 18.2 Å². The van der Waals surface area contributed by atoms with Crippen molar-refractivity contribution in [3.63, 3.8) is 0 Å². The van der Waals surface area contributed by atoms with Crippen LogP contribution in [0.15, 0.2) is 52.8 Å². The molecular formula is C34H39N4O13+. The minimum Gasteiger partial charge on any atom is -0.493 e. The first kappa shape index (κ1) is 34.7. The van der Waals surface area contributed by atoms with E-state index in [1.807, 2.05) is 24.4 Å². The Morgan fingerprint density at radius 1 is 1.10 bits per heavy atom. The van der Waals surface area contributed by atoms with E-state index in [1.54, 1.807) is 32.6 Å². The number of methoxy groups -OCH3 is 2. The summed E-state index contributed by atoms with van der Waals surface area (Å²) >= 11 is 0. The number of benzene rings is 2. The topological polar surface area (TPSA) is 249 Å². The number of allylic oxidation sites excluding steroid dienone is 1. The number of carboxylic acid groups (broad SMARTS) is 1. The quantitative estimate of drug-likeness (QED) is 0.0787. The number of hydrogen-bond acceptors (Lipinski definition) is 15. The summed E-state index contributed by atoms with van der Waals surface area (Å²) in [6.45, 7) is 1.41. The van der Waals surface area contributed by atoms with Crippen molar-refractivity contribution in [3.05, 3.63) is 64.5 Å². The normalized spacial score (nSPS) is 29.0. The van der Waals surface area contributed by atoms with Crippen LogP contribution in [0.3, 0.4) is 0 Å². The van der Waals surface area contributed by atoms with Crippen molar-refractivity contribution in [1.29, 1.82) is 0 Å². The highest BCUT2D eigenvalue weighted by Gasteiger charge is 2.51. The molecule has 0 bridgehead atoms. The maximum atomic E-state index is 12.2. The smallest absolute Gasteiger partial charge is 0.317 e. The number of fused-ring (bicyclic) bond motifs is 6. The van der Waals surface area contributed by atoms with E-state index in [4.69, 9.17) is 49.7 Å². The van der Waals surface area contributed by atoms with Gasteiger partial charge in [0.05, 0.1) is 32.9 Å². The number of aliphatic carboxylic acids is 1. The lowest BCUT2D eigenvalue weighted by atomic mass is 9.86. The maximum absolute atomic E-state index is 12.2. The predicted molar refractivity (Wildman–Crippen MR) is 173 cm³/mol. The first-order valence-corrected chi connectivity index (χ1v) is 16.3. The number of rotatable bonds is 11. The molecule has 5 heterocycles. The fraction of sp³-hybridized carbons (Fsp3) is 0.441. The number of aliphatic hydroxyl groups excluding tert-OH is 3. The molecule has 7 rings (SSSR count). The van der Waals surface area contributed by atoms with E-state index in [9.17, 15) is 24.9 Å². The lowest BCUT2D eigenvalue weighted by Crippen LogP contribution is -3.04. The number of carbonyl (C=O) groups excluding carboxylic acids is 1. The fourth-order valence-corrected chi connectivity index (χ4v) is 7.19. The third-order valence-electron chi connectivity index (χ3n) is 9.56. The summed E-state index contributed by atoms with van der Waals surface area (Å²) < 4.78 is 41.2. The van der Waals surface area contributed by atoms with Crippen molar-refractivity contribution in [2.45, 2.75) is 68.0 Å². The van der Waals surface area contributed by atoms with Crippen LogP contribution in [0, 0.1) is 0 Å². The van der Waals surface area contributed by atoms with Crippen LogP contribution in [-0.4, -0.2) is 109 Å². The Morgan fingerprint density at radius 3 is 2.61 bits per heavy atom. The SMILES string of the molecule is COc1ccc2c(c1OC)OC1c3c(C[NH+]4C=C5N=CC=C5C4)cc(OC4OC(C(OC(=O)CC(=O)O)C(N)N)C(O)C(O)C4O)cc3OCC21. The largest absolute Gasteiger partial charge is 0.493 e. The van der Waals surface area contributed by atoms with E-state index in [0.29, 0.717) is 36.1 Å². The molecule has 17 heteroatoms. The van der Waals surface area contributed by atoms with Gasteiger partial charge in [-0.3, -0.25) is 19.5 Å². The molecular weight excluding hydrogens is 672 g/mol. The Hall–Kier alpha value is -4.75. The van der Waals surface area contributed by atoms with E-state index in [2.05, 4.69) is 4.99 Å². The number of aliphatic hydroxyl groups is 3. The van der Waals surface area contributed by atoms with Crippen LogP contribution < -0.4 is 40.1 Å². The number of ether oxygens (including phenoxy) is 7. The van der Waals surface area contributed by atoms with Gasteiger partial charge < -0.3 is 65.1 Å². The van der Waals surface area contributed by atoms with Crippen LogP contribution in [0.2, 0.25) is 0 Å². The highest BCUT2D eigenvalue weighted by Crippen LogP contribution is 2.57. The number of nitrogens with one attached hydrogen (secondary N) is 1. The molecule has 17 nitrogen and oxygen atoms in total. The Kier molecular flexibility index (Phi) is 9.36. The Bertz CT molecular complexity index is 1810. The second-order valence-electron chi connectivity index (χ2n) is 12.8. The van der Waals surface area contributed by atoms with E-state index >= 15 is 0 Å². The molecule has 2 aromatic rings. The van der Waals surface area contributed by atoms with Crippen molar-refractivity contribution < 1.29 is 68.1 Å². The van der Waals surface area contributed by atoms with Crippen molar-refractivity contribution in [3.8, 4) is 28.7 Å². The molecule has 0 aliphatic carbocycles. The Labute approximate surface area is 291 Å². The van der Waals surface area contributed by atoms with E-state index in [-0.39, 0.29) is 18.3 Å². The molecule has 272 valence electrons. The van der Waals surface area contributed by atoms with Gasteiger partial charge in [-0.25, -0.2) is 0 Å². The number of aliphatic imine (C=N–C) groups is 1. The van der Waals surface area contributed by atoms with Crippen LogP contribution in [-0.2, 0) is 25.6 Å². The second kappa shape index (κ2) is 13.8. The van der Waals surface area contributed by atoms with Gasteiger partial charge in [0.25, 0.3) is 0 Å². The van der Waals surface area contributed by atoms with Gasteiger partial charge in [0.1, 0.15) is 73.4 Å². The predicted octanol–water partition coefficient (Wildman–Crippen LogP) is -1.62. The minimum atomic E-state index is -1.85. The molecule has 9 atom stereocenters. The van der Waals surface area contributed by atoms with Gasteiger partial charge in [0.2, 0.25) is 12.0 Å². The van der Waals surface area contributed by atoms with Gasteiger partial charge in [0.15, 0.2) is 17.6 Å². The number of carbonyl (C=O) groups is 2. The molecule has 1 fully saturated rings. The molecule has 9 N–H and O–H groups in total. The molecule has 0 aromatic heterocycles. The van der Waals surface area contributed by atoms with Gasteiger partial charge in [-0.15, -0.1) is 0 Å². The van der Waals surface area contributed by atoms with Crippen LogP contribution in [0.1, 0.15) is 35.1 Å². The molecule has 5 aliphatic rings. The third-order valence-corrected chi connectivity index (χ3v) is 9.56. The molecule has 5 aliphatic heterocycles. The standard InChI is InChI=1S/C34H38N4O13/c1-45-20-4-3-17-18-13-47-21-8-16(48-34-27(44)25(42)26(43)31(51-34)32(33(35)36)49-23(41)9-22(39)40)7-15(11-38-10-14-5-6-37-19(14)12-38)24(21)28(18)50-29(17)30(20)46-2/h3-8,12,18,25-28,31-34,42-44H,9-11,13,35-36H2,1-2H3,(H,39,40)/p+1. The lowest BCUT2D eigenvalue weighted by Gasteiger charge is -2.43. The summed E-state index contributed by atoms with van der Waals surface area (Å²) in [7, 11) is 3.10. The summed E-state index contributed by atoms with van der Waals surface area (Å²) in [6, 6.07) is 7.13. The van der Waals surface area contributed by atoms with Gasteiger partial charge >= 0.3 is 11.9 Å². The molecule has 2 aromatic carbocycles. The van der Waals surface area contributed by atoms with E-state index in [1.165, 1.54) is 0 Å². The Balaban J connectivity index is 1.21. The highest BCUT2D eigenvalue weighted by molar-refractivity contribution is 5.90. The zero-order valence-corrected chi connectivity index (χ0v) is 27.6. The summed E-state index contributed by atoms with van der Waals surface area (Å²) in [5, 5.41) is 41.5. The molecule has 0 spiro atoms. The summed E-state index contributed by atoms with van der Waals surface area (Å²) in [6.07, 6.45) is -7.47. The second-order valence-corrected chi connectivity index (χ2v) is 12.8. The first-order valence-electron chi connectivity index (χ1n) is 16.3. The van der Waals surface area contributed by atoms with Gasteiger partial charge in [-0.1, -0.05) is 6.07 Å². The summed E-state index contributed by atoms with van der Waals surface area (Å²) in [5.41, 5.74) is 16.1. The molecule has 51 heavy (non-hydrogen) atoms. The van der Waals surface area contributed by atoms with Gasteiger partial charge in [0, 0.05) is 34.5 Å². The van der Waals surface area contributed by atoms with Crippen LogP contribution >= 0.6 is 0 Å². The van der Waals surface area contributed by atoms with E-state index < -0.39 is 67.4 Å². The molecule has 1 saturated heterocycles. The van der Waals surface area contributed by atoms with Crippen molar-refractivity contribution in [1.82, 2.24) is 0 Å². The van der Waals surface area contributed by atoms with Crippen LogP contribution in [0.4, 0.5) is 0 Å². The zero-order valence-electron chi connectivity index (χ0n) is 27.6. The van der Waals surface area contributed by atoms with Gasteiger partial charge in [-0.2, -0.15) is 0 Å². The Morgan fingerprint density at radius 2 is 1.90 bits per heavy atom. The minimum absolute atomic E-state index is 0.168. The number of quaternary nitrogens is 1. The van der Waals surface area contributed by atoms with Crippen LogP contribution in [0.25, 0.3) is 0 Å². The van der Waals surface area contributed by atoms with Crippen molar-refractivity contribution in [2.75, 3.05) is 27.4 Å². The lowest BCUT2D eigenvalue weighted by molar-refractivity contribution is -0.851. The monoisotopic (exact) mass is 711 g/mol. The fourth-order valence-electron chi connectivity index (χ4n) is 7.19. The van der Waals surface area contributed by atoms with E-state index in [0.717, 1.165) is 32.9 Å². The number of carboxylic acids is 1. The zero-order chi connectivity index (χ0) is 36.1. The molecule has 0 radical (unpaired) electrons. The average Bonchev–Trinajstić information content (AvgIpc) is 3.80. The molecule has 0 saturated carbocycles. The first-order chi connectivity index (χ1) is 24.5. The summed E-state index contributed by atoms with van der Waals surface area (Å²) in [4.78, 5) is 28.7. The molecule has 0 amide bonds. The number of nitrogens with two attached hydrogens (primary N) is 2. The van der Waals surface area contributed by atoms with Crippen molar-refractivity contribution in [2.24, 2.45) is 16.5 Å². The van der Waals surface area contributed by atoms with Crippen LogP contribution in [0.5, 0.6) is 28.7 Å². The van der Waals surface area contributed by atoms with Crippen molar-refractivity contribution >= 4 is 18.2 Å². The average molecular weight is 712 g/mol. The summed E-state index contributed by atoms with van der Waals surface area (Å²) in [5.74, 6) is -0.626. The highest BCUT2D eigenvalue weighted by atomic mass is 16.7. The third kappa shape index (κ3) is 6.37. The number of esters is 1. The maximum Gasteiger partial charge on any atom is 0.317 e. The number of hydrogen-bond donors (Lipinski definition) is 7.